The maximum absolute atomic E-state index is 12.7. The van der Waals surface area contributed by atoms with Crippen LogP contribution in [0.15, 0.2) is 46.7 Å². The zero-order valence-electron chi connectivity index (χ0n) is 13.5. The van der Waals surface area contributed by atoms with E-state index in [2.05, 4.69) is 10.0 Å². The van der Waals surface area contributed by atoms with Gasteiger partial charge in [0, 0.05) is 24.4 Å². The molecule has 0 radical (unpaired) electrons. The van der Waals surface area contributed by atoms with Gasteiger partial charge >= 0.3 is 6.18 Å². The van der Waals surface area contributed by atoms with Crippen LogP contribution in [0.2, 0.25) is 0 Å². The third kappa shape index (κ3) is 6.11. The van der Waals surface area contributed by atoms with Gasteiger partial charge in [0.1, 0.15) is 0 Å². The van der Waals surface area contributed by atoms with Gasteiger partial charge in [-0.15, -0.1) is 11.3 Å². The minimum absolute atomic E-state index is 0.108. The van der Waals surface area contributed by atoms with E-state index in [-0.39, 0.29) is 18.9 Å². The number of hydrogen-bond acceptors (Lipinski definition) is 4. The Morgan fingerprint density at radius 3 is 2.54 bits per heavy atom. The molecule has 26 heavy (non-hydrogen) atoms. The minimum atomic E-state index is -4.63. The maximum Gasteiger partial charge on any atom is 0.416 e. The number of rotatable bonds is 8. The van der Waals surface area contributed by atoms with Gasteiger partial charge in [0.25, 0.3) is 0 Å². The van der Waals surface area contributed by atoms with Crippen molar-refractivity contribution < 1.29 is 26.4 Å². The van der Waals surface area contributed by atoms with Gasteiger partial charge in [-0.25, -0.2) is 13.1 Å². The average molecular weight is 406 g/mol. The molecule has 0 aliphatic heterocycles. The Hall–Kier alpha value is -1.91. The van der Waals surface area contributed by atoms with Crippen molar-refractivity contribution in [3.8, 4) is 0 Å². The first kappa shape index (κ1) is 20.4. The molecule has 2 rings (SSSR count). The second-order valence-corrected chi connectivity index (χ2v) is 8.15. The van der Waals surface area contributed by atoms with Crippen LogP contribution in [0.25, 0.3) is 0 Å². The van der Waals surface area contributed by atoms with Crippen LogP contribution in [0.1, 0.15) is 16.9 Å². The molecule has 1 heterocycles. The summed E-state index contributed by atoms with van der Waals surface area (Å²) in [5, 5.41) is 4.59. The van der Waals surface area contributed by atoms with Crippen LogP contribution in [0.3, 0.4) is 0 Å². The molecule has 10 heteroatoms. The fourth-order valence-electron chi connectivity index (χ4n) is 2.09. The molecule has 142 valence electrons. The highest BCUT2D eigenvalue weighted by atomic mass is 32.2. The van der Waals surface area contributed by atoms with Crippen molar-refractivity contribution in [2.24, 2.45) is 0 Å². The van der Waals surface area contributed by atoms with Crippen molar-refractivity contribution in [2.75, 3.05) is 13.1 Å². The monoisotopic (exact) mass is 406 g/mol. The molecule has 5 nitrogen and oxygen atoms in total. The van der Waals surface area contributed by atoms with Crippen molar-refractivity contribution in [2.45, 2.75) is 23.9 Å². The standard InChI is InChI=1S/C16H17F3N2O3S2/c17-16(18,19)12-3-1-5-14(11-12)26(23,24)21-9-7-15(22)20-8-6-13-4-2-10-25-13/h1-5,10-11,21H,6-9H2,(H,20,22). The van der Waals surface area contributed by atoms with E-state index < -0.39 is 26.7 Å². The average Bonchev–Trinajstić information content (AvgIpc) is 3.07. The summed E-state index contributed by atoms with van der Waals surface area (Å²) in [6.07, 6.45) is -4.06. The number of hydrogen-bond donors (Lipinski definition) is 2. The summed E-state index contributed by atoms with van der Waals surface area (Å²) in [5.74, 6) is -0.340. The number of carbonyl (C=O) groups is 1. The lowest BCUT2D eigenvalue weighted by molar-refractivity contribution is -0.137. The van der Waals surface area contributed by atoms with E-state index >= 15 is 0 Å². The van der Waals surface area contributed by atoms with Gasteiger partial charge in [-0.2, -0.15) is 13.2 Å². The Morgan fingerprint density at radius 2 is 1.88 bits per heavy atom. The van der Waals surface area contributed by atoms with E-state index in [0.29, 0.717) is 19.0 Å². The number of halogens is 3. The molecule has 0 unspecified atom stereocenters. The Kier molecular flexibility index (Phi) is 6.79. The van der Waals surface area contributed by atoms with Crippen molar-refractivity contribution in [3.05, 3.63) is 52.2 Å². The molecule has 2 N–H and O–H groups in total. The molecule has 0 atom stereocenters. The number of nitrogens with one attached hydrogen (secondary N) is 2. The van der Waals surface area contributed by atoms with Crippen LogP contribution in [-0.4, -0.2) is 27.4 Å². The molecule has 0 spiro atoms. The summed E-state index contributed by atoms with van der Waals surface area (Å²) in [5.41, 5.74) is -1.05. The number of amides is 1. The van der Waals surface area contributed by atoms with Gasteiger partial charge in [0.05, 0.1) is 10.5 Å². The molecule has 0 saturated carbocycles. The van der Waals surface area contributed by atoms with Crippen LogP contribution >= 0.6 is 11.3 Å². The summed E-state index contributed by atoms with van der Waals surface area (Å²) in [7, 11) is -4.12. The smallest absolute Gasteiger partial charge is 0.356 e. The molecule has 0 saturated heterocycles. The highest BCUT2D eigenvalue weighted by Gasteiger charge is 2.31. The highest BCUT2D eigenvalue weighted by molar-refractivity contribution is 7.89. The fraction of sp³-hybridized carbons (Fsp3) is 0.312. The van der Waals surface area contributed by atoms with Crippen molar-refractivity contribution in [3.63, 3.8) is 0 Å². The second kappa shape index (κ2) is 8.65. The molecule has 0 aliphatic rings. The first-order chi connectivity index (χ1) is 12.2. The van der Waals surface area contributed by atoms with E-state index in [1.807, 2.05) is 17.5 Å². The molecule has 0 aliphatic carbocycles. The van der Waals surface area contributed by atoms with Crippen LogP contribution < -0.4 is 10.0 Å². The quantitative estimate of drug-likeness (QED) is 0.708. The lowest BCUT2D eigenvalue weighted by Gasteiger charge is -2.10. The van der Waals surface area contributed by atoms with Crippen LogP contribution in [0, 0.1) is 0 Å². The normalized spacial score (nSPS) is 12.1. The van der Waals surface area contributed by atoms with Gasteiger partial charge < -0.3 is 5.32 Å². The number of carbonyl (C=O) groups excluding carboxylic acids is 1. The number of sulfonamides is 1. The van der Waals surface area contributed by atoms with Gasteiger partial charge in [-0.1, -0.05) is 12.1 Å². The Morgan fingerprint density at radius 1 is 1.12 bits per heavy atom. The minimum Gasteiger partial charge on any atom is -0.356 e. The first-order valence-electron chi connectivity index (χ1n) is 7.64. The molecule has 0 bridgehead atoms. The molecule has 1 aromatic heterocycles. The Labute approximate surface area is 153 Å². The Bertz CT molecular complexity index is 835. The second-order valence-electron chi connectivity index (χ2n) is 5.35. The third-order valence-corrected chi connectivity index (χ3v) is 5.78. The predicted molar refractivity (Wildman–Crippen MR) is 92.3 cm³/mol. The van der Waals surface area contributed by atoms with E-state index in [0.717, 1.165) is 23.1 Å². The number of benzene rings is 1. The molecular formula is C16H17F3N2O3S2. The van der Waals surface area contributed by atoms with Crippen molar-refractivity contribution in [1.82, 2.24) is 10.0 Å². The fourth-order valence-corrected chi connectivity index (χ4v) is 3.88. The molecule has 1 aromatic carbocycles. The predicted octanol–water partition coefficient (Wildman–Crippen LogP) is 2.79. The topological polar surface area (TPSA) is 75.3 Å². The highest BCUT2D eigenvalue weighted by Crippen LogP contribution is 2.30. The van der Waals surface area contributed by atoms with Gasteiger partial charge in [0.2, 0.25) is 15.9 Å². The molecule has 1 amide bonds. The lowest BCUT2D eigenvalue weighted by Crippen LogP contribution is -2.31. The maximum atomic E-state index is 12.7. The van der Waals surface area contributed by atoms with Crippen molar-refractivity contribution >= 4 is 27.3 Å². The van der Waals surface area contributed by atoms with E-state index in [4.69, 9.17) is 0 Å². The van der Waals surface area contributed by atoms with Crippen LogP contribution in [0.4, 0.5) is 13.2 Å². The number of alkyl halides is 3. The number of thiophene rings is 1. The van der Waals surface area contributed by atoms with Gasteiger partial charge in [-0.3, -0.25) is 4.79 Å². The Balaban J connectivity index is 1.81. The zero-order chi connectivity index (χ0) is 19.2. The molecular weight excluding hydrogens is 389 g/mol. The molecule has 0 fully saturated rings. The van der Waals surface area contributed by atoms with Crippen LogP contribution in [0.5, 0.6) is 0 Å². The van der Waals surface area contributed by atoms with E-state index in [9.17, 15) is 26.4 Å². The summed E-state index contributed by atoms with van der Waals surface area (Å²) >= 11 is 1.57. The van der Waals surface area contributed by atoms with Gasteiger partial charge in [0.15, 0.2) is 0 Å². The van der Waals surface area contributed by atoms with Crippen LogP contribution in [-0.2, 0) is 27.4 Å². The largest absolute Gasteiger partial charge is 0.416 e. The van der Waals surface area contributed by atoms with E-state index in [1.165, 1.54) is 0 Å². The van der Waals surface area contributed by atoms with Crippen molar-refractivity contribution in [1.29, 1.82) is 0 Å². The zero-order valence-corrected chi connectivity index (χ0v) is 15.2. The molecule has 2 aromatic rings. The lowest BCUT2D eigenvalue weighted by atomic mass is 10.2. The van der Waals surface area contributed by atoms with E-state index in [1.54, 1.807) is 11.3 Å². The third-order valence-electron chi connectivity index (χ3n) is 3.39. The first-order valence-corrected chi connectivity index (χ1v) is 10.0. The van der Waals surface area contributed by atoms with Gasteiger partial charge in [-0.05, 0) is 36.1 Å². The summed E-state index contributed by atoms with van der Waals surface area (Å²) in [6.45, 7) is 0.225. The summed E-state index contributed by atoms with van der Waals surface area (Å²) in [4.78, 5) is 12.3. The summed E-state index contributed by atoms with van der Waals surface area (Å²) < 4.78 is 64.2. The summed E-state index contributed by atoms with van der Waals surface area (Å²) in [6, 6.07) is 7.29. The SMILES string of the molecule is O=C(CCNS(=O)(=O)c1cccc(C(F)(F)F)c1)NCCc1cccs1.